The molecule has 0 aromatic carbocycles. The summed E-state index contributed by atoms with van der Waals surface area (Å²) in [6.07, 6.45) is 9.18. The van der Waals surface area contributed by atoms with Crippen LogP contribution in [-0.2, 0) is 39.3 Å². The maximum atomic E-state index is 4.27. The average molecular weight is 494 g/mol. The molecule has 6 rings (SSSR count). The van der Waals surface area contributed by atoms with E-state index >= 15 is 0 Å². The van der Waals surface area contributed by atoms with Crippen molar-refractivity contribution in [3.63, 3.8) is 0 Å². The first-order valence-electron chi connectivity index (χ1n) is 13.3. The van der Waals surface area contributed by atoms with Crippen LogP contribution < -0.4 is 0 Å². The number of fused-ring (bicyclic) bond motifs is 3. The highest BCUT2D eigenvalue weighted by Gasteiger charge is 2.16. The molecule has 0 fully saturated rings. The van der Waals surface area contributed by atoms with Gasteiger partial charge in [-0.1, -0.05) is 47.6 Å². The molecule has 0 saturated carbocycles. The lowest BCUT2D eigenvalue weighted by Crippen LogP contribution is -2.07. The Kier molecular flexibility index (Phi) is 15.3. The fourth-order valence-electron chi connectivity index (χ4n) is 4.01. The smallest absolute Gasteiger partial charge is 0.115 e. The molecule has 0 saturated heterocycles. The molecule has 36 heavy (non-hydrogen) atoms. The maximum Gasteiger partial charge on any atom is 0.115 e. The third-order valence-electron chi connectivity index (χ3n) is 5.47. The van der Waals surface area contributed by atoms with Crippen LogP contribution in [0.5, 0.6) is 0 Å². The van der Waals surface area contributed by atoms with Gasteiger partial charge in [-0.05, 0) is 50.0 Å². The second-order valence-corrected chi connectivity index (χ2v) is 8.27. The summed E-state index contributed by atoms with van der Waals surface area (Å²) in [7, 11) is 6.32. The van der Waals surface area contributed by atoms with Crippen LogP contribution in [0.15, 0.2) is 49.3 Å². The summed E-state index contributed by atoms with van der Waals surface area (Å²) in [5.74, 6) is 0. The van der Waals surface area contributed by atoms with Crippen molar-refractivity contribution in [3.8, 4) is 0 Å². The molecule has 0 spiro atoms. The summed E-state index contributed by atoms with van der Waals surface area (Å²) in [5.41, 5.74) is 7.88. The Hall–Kier alpha value is -2.74. The number of aromatic nitrogens is 4. The van der Waals surface area contributed by atoms with Crippen LogP contribution in [0.1, 0.15) is 75.2 Å². The van der Waals surface area contributed by atoms with Crippen LogP contribution in [0.2, 0.25) is 0 Å². The molecule has 0 amide bonds. The van der Waals surface area contributed by atoms with E-state index in [-0.39, 0.29) is 0 Å². The molecule has 7 nitrogen and oxygen atoms in total. The summed E-state index contributed by atoms with van der Waals surface area (Å²) in [5, 5.41) is 0. The molecule has 3 aromatic rings. The van der Waals surface area contributed by atoms with E-state index in [0.29, 0.717) is 0 Å². The molecular weight excluding hydrogens is 446 g/mol. The fraction of sp³-hybridized carbons (Fsp3) is 0.517. The summed E-state index contributed by atoms with van der Waals surface area (Å²) in [6.45, 7) is 18.2. The second kappa shape index (κ2) is 17.7. The monoisotopic (exact) mass is 493 g/mol. The van der Waals surface area contributed by atoms with E-state index in [1.807, 2.05) is 72.4 Å². The largest absolute Gasteiger partial charge is 0.298 e. The number of rotatable bonds is 0. The molecular formula is C29H47N7. The van der Waals surface area contributed by atoms with Crippen LogP contribution in [0.3, 0.4) is 0 Å². The van der Waals surface area contributed by atoms with Gasteiger partial charge >= 0.3 is 0 Å². The molecule has 0 unspecified atom stereocenters. The lowest BCUT2D eigenvalue weighted by atomic mass is 10.2. The summed E-state index contributed by atoms with van der Waals surface area (Å²) in [4.78, 5) is 23.2. The van der Waals surface area contributed by atoms with E-state index < -0.39 is 0 Å². The molecule has 198 valence electrons. The van der Waals surface area contributed by atoms with E-state index in [1.165, 1.54) is 33.6 Å². The predicted octanol–water partition coefficient (Wildman–Crippen LogP) is 5.55. The molecule has 0 radical (unpaired) electrons. The minimum atomic E-state index is 0.970. The minimum Gasteiger partial charge on any atom is -0.298 e. The van der Waals surface area contributed by atoms with Crippen LogP contribution in [0.4, 0.5) is 0 Å². The first kappa shape index (κ1) is 31.3. The minimum absolute atomic E-state index is 0.970. The molecule has 3 aromatic heterocycles. The number of nitrogens with zero attached hydrogens (tertiary/aromatic N) is 7. The molecule has 3 aliphatic heterocycles. The molecule has 0 aliphatic carbocycles. The van der Waals surface area contributed by atoms with Crippen molar-refractivity contribution in [2.45, 2.75) is 80.8 Å². The van der Waals surface area contributed by atoms with Gasteiger partial charge in [-0.15, -0.1) is 0 Å². The van der Waals surface area contributed by atoms with Gasteiger partial charge in [0.05, 0.1) is 11.4 Å². The van der Waals surface area contributed by atoms with Crippen LogP contribution in [-0.4, -0.2) is 55.8 Å². The number of hydrogen-bond acceptors (Lipinski definition) is 7. The zero-order chi connectivity index (χ0) is 26.9. The van der Waals surface area contributed by atoms with Gasteiger partial charge in [-0.2, -0.15) is 0 Å². The molecule has 0 bridgehead atoms. The van der Waals surface area contributed by atoms with E-state index in [4.69, 9.17) is 0 Å². The van der Waals surface area contributed by atoms with Crippen molar-refractivity contribution in [3.05, 3.63) is 83.0 Å². The zero-order valence-corrected chi connectivity index (χ0v) is 24.0. The van der Waals surface area contributed by atoms with Crippen molar-refractivity contribution >= 4 is 0 Å². The average Bonchev–Trinajstić information content (AvgIpc) is 3.61. The Bertz CT molecular complexity index is 790. The number of pyridine rings is 2. The standard InChI is InChI=1S/2C8H10N2.C7H9N3.3C2H6/c1-10-5-7-2-3-9-4-8(7)6-10;1-10-5-7-3-2-4-9-8(7)6-10;1-10-3-6-2-8-5-9-7(6)4-10;3*1-2/h2*2-4H,5-6H2,1H3;2,5H,3-4H2,1H3;3*1-2H3. The van der Waals surface area contributed by atoms with Crippen molar-refractivity contribution in [1.29, 1.82) is 0 Å². The second-order valence-electron chi connectivity index (χ2n) is 8.27. The highest BCUT2D eigenvalue weighted by molar-refractivity contribution is 5.26. The lowest BCUT2D eigenvalue weighted by Gasteiger charge is -2.02. The van der Waals surface area contributed by atoms with Crippen molar-refractivity contribution in [1.82, 2.24) is 34.6 Å². The molecule has 0 N–H and O–H groups in total. The Morgan fingerprint density at radius 2 is 1.06 bits per heavy atom. The Labute approximate surface area is 219 Å². The first-order valence-corrected chi connectivity index (χ1v) is 13.3. The van der Waals surface area contributed by atoms with E-state index in [0.717, 1.165) is 39.3 Å². The summed E-state index contributed by atoms with van der Waals surface area (Å²) >= 11 is 0. The third-order valence-corrected chi connectivity index (χ3v) is 5.47. The molecule has 6 heterocycles. The maximum absolute atomic E-state index is 4.27. The Morgan fingerprint density at radius 3 is 1.67 bits per heavy atom. The van der Waals surface area contributed by atoms with Gasteiger partial charge in [0.2, 0.25) is 0 Å². The van der Waals surface area contributed by atoms with Crippen LogP contribution in [0.25, 0.3) is 0 Å². The molecule has 7 heteroatoms. The summed E-state index contributed by atoms with van der Waals surface area (Å²) in [6, 6.07) is 6.24. The van der Waals surface area contributed by atoms with Gasteiger partial charge < -0.3 is 0 Å². The quantitative estimate of drug-likeness (QED) is 0.407. The van der Waals surface area contributed by atoms with Crippen LogP contribution in [0, 0.1) is 0 Å². The predicted molar refractivity (Wildman–Crippen MR) is 150 cm³/mol. The van der Waals surface area contributed by atoms with Crippen molar-refractivity contribution in [2.75, 3.05) is 21.1 Å². The van der Waals surface area contributed by atoms with Gasteiger partial charge in [-0.25, -0.2) is 9.97 Å². The molecule has 3 aliphatic rings. The topological polar surface area (TPSA) is 61.3 Å². The van der Waals surface area contributed by atoms with Gasteiger partial charge in [-0.3, -0.25) is 24.7 Å². The van der Waals surface area contributed by atoms with Crippen LogP contribution >= 0.6 is 0 Å². The Morgan fingerprint density at radius 1 is 0.528 bits per heavy atom. The zero-order valence-electron chi connectivity index (χ0n) is 24.0. The van der Waals surface area contributed by atoms with E-state index in [2.05, 4.69) is 67.9 Å². The summed E-state index contributed by atoms with van der Waals surface area (Å²) < 4.78 is 0. The first-order chi connectivity index (χ1) is 17.6. The lowest BCUT2D eigenvalue weighted by molar-refractivity contribution is 0.351. The van der Waals surface area contributed by atoms with Gasteiger partial charge in [0.15, 0.2) is 0 Å². The van der Waals surface area contributed by atoms with E-state index in [9.17, 15) is 0 Å². The number of hydrogen-bond donors (Lipinski definition) is 0. The third kappa shape index (κ3) is 9.72. The van der Waals surface area contributed by atoms with Gasteiger partial charge in [0, 0.05) is 69.6 Å². The molecule has 0 atom stereocenters. The normalized spacial score (nSPS) is 14.9. The van der Waals surface area contributed by atoms with E-state index in [1.54, 1.807) is 6.33 Å². The SMILES string of the molecule is CC.CC.CC.CN1Cc2cccnc2C1.CN1Cc2ccncc2C1.CN1Cc2cncnc2C1. The fourth-order valence-corrected chi connectivity index (χ4v) is 4.01. The Balaban J connectivity index is 0.000000244. The highest BCUT2D eigenvalue weighted by atomic mass is 15.1. The highest BCUT2D eigenvalue weighted by Crippen LogP contribution is 2.19. The van der Waals surface area contributed by atoms with Gasteiger partial charge in [0.25, 0.3) is 0 Å². The van der Waals surface area contributed by atoms with Crippen molar-refractivity contribution in [2.24, 2.45) is 0 Å². The van der Waals surface area contributed by atoms with Crippen molar-refractivity contribution < 1.29 is 0 Å². The van der Waals surface area contributed by atoms with Gasteiger partial charge in [0.1, 0.15) is 6.33 Å².